The maximum Gasteiger partial charge on any atom is 0.235 e. The van der Waals surface area contributed by atoms with Crippen molar-refractivity contribution in [3.63, 3.8) is 0 Å². The van der Waals surface area contributed by atoms with E-state index < -0.39 is 40.9 Å². The van der Waals surface area contributed by atoms with Crippen molar-refractivity contribution in [3.8, 4) is 0 Å². The molecule has 2 heterocycles. The quantitative estimate of drug-likeness (QED) is 0.435. The number of carbonyl (C=O) groups is 4. The van der Waals surface area contributed by atoms with Crippen LogP contribution in [-0.4, -0.2) is 47.0 Å². The Morgan fingerprint density at radius 2 is 1.76 bits per heavy atom. The Morgan fingerprint density at radius 1 is 1.13 bits per heavy atom. The second-order valence-corrected chi connectivity index (χ2v) is 9.51. The Hall–Kier alpha value is -4.12. The number of ketones is 2. The van der Waals surface area contributed by atoms with Crippen LogP contribution in [0.4, 0.5) is 26.2 Å². The number of aromatic nitrogens is 2. The summed E-state index contributed by atoms with van der Waals surface area (Å²) in [6, 6.07) is 9.39. The smallest absolute Gasteiger partial charge is 0.235 e. The van der Waals surface area contributed by atoms with Crippen LogP contribution in [0.3, 0.4) is 0 Å². The molecule has 4 rings (SSSR count). The number of carbonyl (C=O) groups excluding carboxylic acids is 4. The number of anilines is 3. The molecule has 0 aliphatic carbocycles. The van der Waals surface area contributed by atoms with Crippen molar-refractivity contribution in [2.75, 3.05) is 29.6 Å². The van der Waals surface area contributed by atoms with E-state index in [1.807, 2.05) is 0 Å². The van der Waals surface area contributed by atoms with Gasteiger partial charge in [0.1, 0.15) is 17.3 Å². The first kappa shape index (κ1) is 26.9. The highest BCUT2D eigenvalue weighted by molar-refractivity contribution is 6.30. The lowest BCUT2D eigenvalue weighted by Crippen LogP contribution is -2.36. The van der Waals surface area contributed by atoms with Crippen molar-refractivity contribution in [2.24, 2.45) is 5.92 Å². The third-order valence-electron chi connectivity index (χ3n) is 6.35. The van der Waals surface area contributed by atoms with E-state index >= 15 is 0 Å². The average molecular weight is 544 g/mol. The van der Waals surface area contributed by atoms with Crippen LogP contribution in [0, 0.1) is 17.6 Å². The normalized spacial score (nSPS) is 13.9. The molecule has 0 spiro atoms. The largest absolute Gasteiger partial charge is 0.369 e. The molecule has 198 valence electrons. The van der Waals surface area contributed by atoms with Crippen LogP contribution in [0.1, 0.15) is 28.9 Å². The van der Waals surface area contributed by atoms with E-state index in [-0.39, 0.29) is 48.8 Å². The number of benzene rings is 2. The number of halogens is 3. The van der Waals surface area contributed by atoms with Crippen molar-refractivity contribution in [1.29, 1.82) is 0 Å². The summed E-state index contributed by atoms with van der Waals surface area (Å²) in [4.78, 5) is 57.8. The molecule has 0 saturated heterocycles. The third-order valence-corrected chi connectivity index (χ3v) is 6.61. The monoisotopic (exact) mass is 543 g/mol. The van der Waals surface area contributed by atoms with Gasteiger partial charge in [-0.05, 0) is 48.4 Å². The summed E-state index contributed by atoms with van der Waals surface area (Å²) in [7, 11) is 2.97. The van der Waals surface area contributed by atoms with E-state index in [0.717, 1.165) is 18.2 Å². The molecule has 3 aromatic rings. The lowest BCUT2D eigenvalue weighted by Gasteiger charge is -2.24. The molecule has 1 aromatic heterocycles. The highest BCUT2D eigenvalue weighted by atomic mass is 35.5. The summed E-state index contributed by atoms with van der Waals surface area (Å²) in [5.41, 5.74) is 6.71. The topological polar surface area (TPSA) is 119 Å². The van der Waals surface area contributed by atoms with Gasteiger partial charge >= 0.3 is 0 Å². The summed E-state index contributed by atoms with van der Waals surface area (Å²) in [5.74, 6) is -4.59. The summed E-state index contributed by atoms with van der Waals surface area (Å²) >= 11 is 5.94. The molecule has 9 nitrogen and oxygen atoms in total. The standard InChI is InChI=1S/C26H24ClF2N5O4/c1-32(19-5-3-16(27)4-6-19)25(38)15(7-14-8-17(28)11-18(29)9-14)10-20(35)13-34-23-21(36)12-22(37)33(2)24(23)31-26(34)30/h3-6,8-9,11,15H,7,10,12-13H2,1-2H3,(H2,30,31)/t15-/m1/s1. The average Bonchev–Trinajstić information content (AvgIpc) is 3.17. The third kappa shape index (κ3) is 5.57. The van der Waals surface area contributed by atoms with E-state index in [1.165, 1.54) is 28.5 Å². The Labute approximate surface area is 221 Å². The zero-order valence-electron chi connectivity index (χ0n) is 20.6. The molecule has 0 unspecified atom stereocenters. The fourth-order valence-corrected chi connectivity index (χ4v) is 4.55. The number of amides is 2. The molecule has 2 amide bonds. The van der Waals surface area contributed by atoms with Crippen LogP contribution >= 0.6 is 11.6 Å². The van der Waals surface area contributed by atoms with E-state index in [4.69, 9.17) is 17.3 Å². The lowest BCUT2D eigenvalue weighted by atomic mass is 9.92. The van der Waals surface area contributed by atoms with Gasteiger partial charge in [-0.15, -0.1) is 0 Å². The zero-order chi connectivity index (χ0) is 27.7. The van der Waals surface area contributed by atoms with Gasteiger partial charge in [-0.2, -0.15) is 4.98 Å². The maximum atomic E-state index is 13.9. The fourth-order valence-electron chi connectivity index (χ4n) is 4.43. The van der Waals surface area contributed by atoms with Gasteiger partial charge in [0.15, 0.2) is 17.4 Å². The number of nitrogens with zero attached hydrogens (tertiary/aromatic N) is 4. The van der Waals surface area contributed by atoms with Crippen molar-refractivity contribution in [3.05, 3.63) is 70.4 Å². The summed E-state index contributed by atoms with van der Waals surface area (Å²) in [5, 5.41) is 0.472. The minimum absolute atomic E-state index is 0.0336. The molecular formula is C26H24ClF2N5O4. The number of hydrogen-bond donors (Lipinski definition) is 1. The summed E-state index contributed by atoms with van der Waals surface area (Å²) in [6.07, 6.45) is -0.823. The van der Waals surface area contributed by atoms with Gasteiger partial charge in [0, 0.05) is 43.2 Å². The van der Waals surface area contributed by atoms with Crippen molar-refractivity contribution in [2.45, 2.75) is 25.8 Å². The van der Waals surface area contributed by atoms with E-state index in [2.05, 4.69) is 4.98 Å². The predicted octanol–water partition coefficient (Wildman–Crippen LogP) is 3.43. The Balaban J connectivity index is 1.61. The van der Waals surface area contributed by atoms with E-state index in [1.54, 1.807) is 24.3 Å². The first-order valence-electron chi connectivity index (χ1n) is 11.6. The van der Waals surface area contributed by atoms with Crippen LogP contribution in [0.5, 0.6) is 0 Å². The molecule has 38 heavy (non-hydrogen) atoms. The number of nitrogen functional groups attached to an aromatic ring is 1. The first-order valence-corrected chi connectivity index (χ1v) is 12.0. The molecule has 0 bridgehead atoms. The second-order valence-electron chi connectivity index (χ2n) is 9.08. The van der Waals surface area contributed by atoms with Crippen LogP contribution in [-0.2, 0) is 27.3 Å². The van der Waals surface area contributed by atoms with Crippen molar-refractivity contribution in [1.82, 2.24) is 9.55 Å². The van der Waals surface area contributed by atoms with Gasteiger partial charge in [0.25, 0.3) is 0 Å². The molecule has 12 heteroatoms. The maximum absolute atomic E-state index is 13.9. The Bertz CT molecular complexity index is 1420. The molecular weight excluding hydrogens is 520 g/mol. The predicted molar refractivity (Wildman–Crippen MR) is 137 cm³/mol. The van der Waals surface area contributed by atoms with Crippen molar-refractivity contribution < 1.29 is 28.0 Å². The zero-order valence-corrected chi connectivity index (χ0v) is 21.3. The molecule has 0 saturated carbocycles. The summed E-state index contributed by atoms with van der Waals surface area (Å²) in [6.45, 7) is -0.381. The minimum atomic E-state index is -0.995. The number of hydrogen-bond acceptors (Lipinski definition) is 6. The van der Waals surface area contributed by atoms with Crippen molar-refractivity contribution >= 4 is 52.4 Å². The highest BCUT2D eigenvalue weighted by Gasteiger charge is 2.35. The molecule has 1 atom stereocenters. The van der Waals surface area contributed by atoms with E-state index in [0.29, 0.717) is 10.7 Å². The van der Waals surface area contributed by atoms with Gasteiger partial charge in [-0.3, -0.25) is 28.6 Å². The SMILES string of the molecule is CN(C(=O)[C@@H](CC(=O)Cn1c(N)nc2c1C(=O)CC(=O)N2C)Cc1cc(F)cc(F)c1)c1ccc(Cl)cc1. The van der Waals surface area contributed by atoms with E-state index in [9.17, 15) is 28.0 Å². The Morgan fingerprint density at radius 3 is 2.39 bits per heavy atom. The van der Waals surface area contributed by atoms with Crippen LogP contribution in [0.2, 0.25) is 5.02 Å². The second kappa shape index (κ2) is 10.7. The van der Waals surface area contributed by atoms with Gasteiger partial charge < -0.3 is 10.6 Å². The van der Waals surface area contributed by atoms with Gasteiger partial charge in [-0.1, -0.05) is 11.6 Å². The molecule has 1 aliphatic rings. The molecule has 2 N–H and O–H groups in total. The molecule has 0 fully saturated rings. The molecule has 1 aliphatic heterocycles. The van der Waals surface area contributed by atoms with Gasteiger partial charge in [0.05, 0.1) is 13.0 Å². The number of imidazole rings is 1. The first-order chi connectivity index (χ1) is 17.9. The number of Topliss-reactive ketones (excluding diaryl/α,β-unsaturated/α-hetero) is 2. The number of rotatable bonds is 8. The Kier molecular flexibility index (Phi) is 7.58. The number of nitrogens with two attached hydrogens (primary N) is 1. The number of fused-ring (bicyclic) bond motifs is 1. The fraction of sp³-hybridized carbons (Fsp3) is 0.269. The van der Waals surface area contributed by atoms with Gasteiger partial charge in [-0.25, -0.2) is 8.78 Å². The summed E-state index contributed by atoms with van der Waals surface area (Å²) < 4.78 is 28.9. The highest BCUT2D eigenvalue weighted by Crippen LogP contribution is 2.29. The van der Waals surface area contributed by atoms with Crippen LogP contribution in [0.25, 0.3) is 0 Å². The minimum Gasteiger partial charge on any atom is -0.369 e. The molecule has 0 radical (unpaired) electrons. The van der Waals surface area contributed by atoms with Gasteiger partial charge in [0.2, 0.25) is 17.8 Å². The van der Waals surface area contributed by atoms with Crippen LogP contribution in [0.15, 0.2) is 42.5 Å². The lowest BCUT2D eigenvalue weighted by molar-refractivity contribution is -0.127. The molecule has 2 aromatic carbocycles. The van der Waals surface area contributed by atoms with Crippen LogP contribution < -0.4 is 15.5 Å².